The first-order chi connectivity index (χ1) is 9.57. The summed E-state index contributed by atoms with van der Waals surface area (Å²) < 4.78 is 11.2. The van der Waals surface area contributed by atoms with Gasteiger partial charge in [-0.2, -0.15) is 0 Å². The number of ether oxygens (including phenoxy) is 2. The highest BCUT2D eigenvalue weighted by molar-refractivity contribution is 5.93. The number of rotatable bonds is 9. The number of unbranched alkanes of at least 4 members (excludes halogenated alkanes) is 2. The van der Waals surface area contributed by atoms with Gasteiger partial charge in [0.05, 0.1) is 0 Å². The van der Waals surface area contributed by atoms with Crippen LogP contribution in [-0.2, 0) is 19.1 Å². The lowest BCUT2D eigenvalue weighted by atomic mass is 9.85. The molecule has 0 amide bonds. The first-order valence-electron chi connectivity index (χ1n) is 8.01. The van der Waals surface area contributed by atoms with E-state index < -0.39 is 17.7 Å². The van der Waals surface area contributed by atoms with Gasteiger partial charge in [-0.05, 0) is 19.3 Å². The fraction of sp³-hybridized carbons (Fsp3) is 0.875. The quantitative estimate of drug-likeness (QED) is 0.475. The van der Waals surface area contributed by atoms with E-state index in [-0.39, 0.29) is 12.3 Å². The minimum atomic E-state index is -1.01. The fourth-order valence-corrected chi connectivity index (χ4v) is 2.88. The molecule has 1 rings (SSSR count). The summed E-state index contributed by atoms with van der Waals surface area (Å²) in [7, 11) is 0. The Labute approximate surface area is 122 Å². The molecule has 0 aromatic heterocycles. The molecule has 0 radical (unpaired) electrons. The second kappa shape index (κ2) is 8.28. The third-order valence-corrected chi connectivity index (χ3v) is 3.91. The van der Waals surface area contributed by atoms with Crippen molar-refractivity contribution in [3.8, 4) is 0 Å². The summed E-state index contributed by atoms with van der Waals surface area (Å²) in [6, 6.07) is 0. The molecule has 1 aliphatic heterocycles. The molecule has 4 heteroatoms. The van der Waals surface area contributed by atoms with Crippen LogP contribution in [0.4, 0.5) is 0 Å². The molecule has 20 heavy (non-hydrogen) atoms. The highest BCUT2D eigenvalue weighted by Gasteiger charge is 2.48. The van der Waals surface area contributed by atoms with Crippen molar-refractivity contribution in [1.82, 2.24) is 0 Å². The van der Waals surface area contributed by atoms with E-state index in [1.165, 1.54) is 0 Å². The van der Waals surface area contributed by atoms with Crippen LogP contribution in [0.25, 0.3) is 0 Å². The Bertz CT molecular complexity index is 308. The third kappa shape index (κ3) is 4.50. The van der Waals surface area contributed by atoms with Gasteiger partial charge in [-0.3, -0.25) is 9.59 Å². The molecule has 1 aliphatic rings. The van der Waals surface area contributed by atoms with Gasteiger partial charge in [-0.1, -0.05) is 46.5 Å². The van der Waals surface area contributed by atoms with E-state index in [1.54, 1.807) is 0 Å². The molecule has 116 valence electrons. The van der Waals surface area contributed by atoms with Gasteiger partial charge in [-0.15, -0.1) is 0 Å². The number of cyclic esters (lactones) is 2. The Balaban J connectivity index is 2.92. The van der Waals surface area contributed by atoms with E-state index in [1.807, 2.05) is 0 Å². The van der Waals surface area contributed by atoms with Crippen molar-refractivity contribution in [1.29, 1.82) is 0 Å². The highest BCUT2D eigenvalue weighted by atomic mass is 16.7. The summed E-state index contributed by atoms with van der Waals surface area (Å²) in [5.41, 5.74) is 0. The van der Waals surface area contributed by atoms with E-state index in [4.69, 9.17) is 9.47 Å². The number of esters is 2. The molecular formula is C16H28O4. The molecule has 4 nitrogen and oxygen atoms in total. The van der Waals surface area contributed by atoms with Gasteiger partial charge >= 0.3 is 11.9 Å². The van der Waals surface area contributed by atoms with Gasteiger partial charge in [0, 0.05) is 12.3 Å². The highest BCUT2D eigenvalue weighted by Crippen LogP contribution is 2.39. The Hall–Kier alpha value is -1.06. The lowest BCUT2D eigenvalue weighted by Crippen LogP contribution is -2.50. The molecule has 0 aromatic rings. The molecule has 0 saturated carbocycles. The van der Waals surface area contributed by atoms with Crippen molar-refractivity contribution in [3.05, 3.63) is 0 Å². The van der Waals surface area contributed by atoms with Crippen LogP contribution >= 0.6 is 0 Å². The zero-order valence-corrected chi connectivity index (χ0v) is 13.1. The molecule has 0 spiro atoms. The van der Waals surface area contributed by atoms with Crippen molar-refractivity contribution in [2.45, 2.75) is 84.3 Å². The number of carbonyl (C=O) groups is 2. The Morgan fingerprint density at radius 3 is 2.05 bits per heavy atom. The summed E-state index contributed by atoms with van der Waals surface area (Å²) in [6.45, 7) is 6.33. The summed E-state index contributed by atoms with van der Waals surface area (Å²) in [5, 5.41) is 0. The first kappa shape index (κ1) is 17.0. The van der Waals surface area contributed by atoms with Crippen LogP contribution < -0.4 is 0 Å². The van der Waals surface area contributed by atoms with Gasteiger partial charge in [0.15, 0.2) is 0 Å². The second-order valence-electron chi connectivity index (χ2n) is 5.67. The molecule has 1 saturated heterocycles. The maximum absolute atomic E-state index is 11.7. The zero-order valence-electron chi connectivity index (χ0n) is 13.1. The summed E-state index contributed by atoms with van der Waals surface area (Å²) in [4.78, 5) is 23.4. The predicted octanol–water partition coefficient (Wildman–Crippen LogP) is 3.97. The smallest absolute Gasteiger partial charge is 0.320 e. The number of hydrogen-bond acceptors (Lipinski definition) is 4. The standard InChI is InChI=1S/C16H28O4/c1-4-7-10-13(9-6-3)16(11-8-5-2)19-14(17)12-15(18)20-16/h13H,4-12H2,1-3H3. The third-order valence-electron chi connectivity index (χ3n) is 3.91. The Morgan fingerprint density at radius 1 is 0.950 bits per heavy atom. The summed E-state index contributed by atoms with van der Waals surface area (Å²) in [6.07, 6.45) is 7.27. The molecule has 0 aliphatic carbocycles. The number of hydrogen-bond donors (Lipinski definition) is 0. The summed E-state index contributed by atoms with van der Waals surface area (Å²) in [5.74, 6) is -1.76. The molecule has 1 heterocycles. The van der Waals surface area contributed by atoms with E-state index >= 15 is 0 Å². The Kier molecular flexibility index (Phi) is 7.03. The van der Waals surface area contributed by atoms with Crippen molar-refractivity contribution in [2.75, 3.05) is 0 Å². The average molecular weight is 284 g/mol. The zero-order chi connectivity index (χ0) is 15.0. The van der Waals surface area contributed by atoms with Crippen molar-refractivity contribution < 1.29 is 19.1 Å². The Morgan fingerprint density at radius 2 is 1.55 bits per heavy atom. The SMILES string of the molecule is CCCCC(CCC)C1(CCCC)OC(=O)CC(=O)O1. The average Bonchev–Trinajstić information content (AvgIpc) is 2.40. The van der Waals surface area contributed by atoms with Crippen LogP contribution in [0.2, 0.25) is 0 Å². The van der Waals surface area contributed by atoms with Crippen LogP contribution in [0.15, 0.2) is 0 Å². The van der Waals surface area contributed by atoms with Gasteiger partial charge in [0.25, 0.3) is 5.79 Å². The number of carbonyl (C=O) groups excluding carboxylic acids is 2. The summed E-state index contributed by atoms with van der Waals surface area (Å²) >= 11 is 0. The van der Waals surface area contributed by atoms with Crippen molar-refractivity contribution in [3.63, 3.8) is 0 Å². The first-order valence-corrected chi connectivity index (χ1v) is 8.01. The van der Waals surface area contributed by atoms with Gasteiger partial charge in [0.1, 0.15) is 6.42 Å². The lowest BCUT2D eigenvalue weighted by molar-refractivity contribution is -0.267. The van der Waals surface area contributed by atoms with Crippen LogP contribution in [0, 0.1) is 5.92 Å². The molecule has 0 N–H and O–H groups in total. The predicted molar refractivity (Wildman–Crippen MR) is 77.0 cm³/mol. The molecular weight excluding hydrogens is 256 g/mol. The van der Waals surface area contributed by atoms with E-state index in [2.05, 4.69) is 20.8 Å². The molecule has 1 unspecified atom stereocenters. The van der Waals surface area contributed by atoms with E-state index in [0.717, 1.165) is 44.9 Å². The molecule has 0 bridgehead atoms. The minimum Gasteiger partial charge on any atom is -0.422 e. The van der Waals surface area contributed by atoms with Crippen LogP contribution in [0.5, 0.6) is 0 Å². The largest absolute Gasteiger partial charge is 0.422 e. The minimum absolute atomic E-state index is 0.118. The second-order valence-corrected chi connectivity index (χ2v) is 5.67. The van der Waals surface area contributed by atoms with Gasteiger partial charge in [0.2, 0.25) is 0 Å². The molecule has 0 aromatic carbocycles. The van der Waals surface area contributed by atoms with Crippen molar-refractivity contribution >= 4 is 11.9 Å². The van der Waals surface area contributed by atoms with Crippen molar-refractivity contribution in [2.24, 2.45) is 5.92 Å². The monoisotopic (exact) mass is 284 g/mol. The normalized spacial score (nSPS) is 19.4. The van der Waals surface area contributed by atoms with Crippen LogP contribution in [-0.4, -0.2) is 17.7 Å². The van der Waals surface area contributed by atoms with Gasteiger partial charge < -0.3 is 9.47 Å². The lowest BCUT2D eigenvalue weighted by Gasteiger charge is -2.41. The fourth-order valence-electron chi connectivity index (χ4n) is 2.88. The molecule has 1 fully saturated rings. The maximum atomic E-state index is 11.7. The molecule has 1 atom stereocenters. The van der Waals surface area contributed by atoms with E-state index in [9.17, 15) is 9.59 Å². The maximum Gasteiger partial charge on any atom is 0.320 e. The van der Waals surface area contributed by atoms with Crippen LogP contribution in [0.3, 0.4) is 0 Å². The van der Waals surface area contributed by atoms with Gasteiger partial charge in [-0.25, -0.2) is 0 Å². The van der Waals surface area contributed by atoms with E-state index in [0.29, 0.717) is 6.42 Å². The topological polar surface area (TPSA) is 52.6 Å². The van der Waals surface area contributed by atoms with Crippen LogP contribution in [0.1, 0.15) is 78.6 Å².